The number of benzene rings is 1. The first kappa shape index (κ1) is 18.8. The van der Waals surface area contributed by atoms with E-state index in [4.69, 9.17) is 35.9 Å². The number of carbonyl (C=O) groups is 2. The van der Waals surface area contributed by atoms with Crippen LogP contribution in [0.5, 0.6) is 0 Å². The highest BCUT2D eigenvalue weighted by Crippen LogP contribution is 2.18. The molecule has 0 spiro atoms. The molecule has 0 saturated heterocycles. The third-order valence-corrected chi connectivity index (χ3v) is 3.93. The van der Waals surface area contributed by atoms with Crippen LogP contribution in [0.1, 0.15) is 24.2 Å². The minimum absolute atomic E-state index is 0.00879. The van der Waals surface area contributed by atoms with Crippen molar-refractivity contribution in [3.63, 3.8) is 0 Å². The number of rotatable bonds is 6. The molecule has 1 atom stereocenters. The van der Waals surface area contributed by atoms with Crippen molar-refractivity contribution < 1.29 is 14.7 Å². The highest BCUT2D eigenvalue weighted by molar-refractivity contribution is 7.80. The van der Waals surface area contributed by atoms with E-state index in [1.54, 1.807) is 44.2 Å². The van der Waals surface area contributed by atoms with Gasteiger partial charge in [0.1, 0.15) is 0 Å². The Hall–Kier alpha value is -2.26. The topological polar surface area (TPSA) is 122 Å². The molecule has 0 heterocycles. The maximum atomic E-state index is 12.2. The Labute approximate surface area is 144 Å². The molecule has 0 aliphatic carbocycles. The molecule has 1 aromatic rings. The molecule has 0 fully saturated rings. The van der Waals surface area contributed by atoms with Crippen LogP contribution in [0.2, 0.25) is 0 Å². The Bertz CT molecular complexity index is 634. The summed E-state index contributed by atoms with van der Waals surface area (Å²) in [6.07, 6.45) is -1.52. The highest BCUT2D eigenvalue weighted by Gasteiger charge is 2.40. The van der Waals surface area contributed by atoms with E-state index < -0.39 is 23.6 Å². The highest BCUT2D eigenvalue weighted by atomic mass is 32.1. The van der Waals surface area contributed by atoms with Gasteiger partial charge in [-0.15, -0.1) is 0 Å². The van der Waals surface area contributed by atoms with Gasteiger partial charge >= 0.3 is 5.97 Å². The van der Waals surface area contributed by atoms with Gasteiger partial charge in [0, 0.05) is 5.56 Å². The van der Waals surface area contributed by atoms with Crippen LogP contribution in [0, 0.1) is 0 Å². The van der Waals surface area contributed by atoms with Crippen LogP contribution < -0.4 is 16.8 Å². The Morgan fingerprint density at radius 1 is 1.22 bits per heavy atom. The molecule has 6 N–H and O–H groups in total. The normalized spacial score (nSPS) is 12.1. The zero-order valence-corrected chi connectivity index (χ0v) is 14.3. The number of carboxylic acid groups (broad SMARTS) is 1. The van der Waals surface area contributed by atoms with Crippen molar-refractivity contribution in [1.82, 2.24) is 10.2 Å². The second kappa shape index (κ2) is 7.34. The van der Waals surface area contributed by atoms with E-state index in [1.807, 2.05) is 0 Å². The summed E-state index contributed by atoms with van der Waals surface area (Å²) in [7, 11) is 0. The van der Waals surface area contributed by atoms with Crippen molar-refractivity contribution >= 4 is 46.4 Å². The van der Waals surface area contributed by atoms with Gasteiger partial charge in [0.05, 0.1) is 10.5 Å². The molecule has 1 unspecified atom stereocenters. The summed E-state index contributed by atoms with van der Waals surface area (Å²) < 4.78 is 0. The van der Waals surface area contributed by atoms with Gasteiger partial charge < -0.3 is 26.8 Å². The monoisotopic (exact) mass is 354 g/mol. The Kier molecular flexibility index (Phi) is 5.99. The molecule has 1 rings (SSSR count). The molecule has 0 aliphatic rings. The quantitative estimate of drug-likeness (QED) is 0.429. The molecule has 1 amide bonds. The number of carboxylic acids is 1. The molecule has 7 nitrogen and oxygen atoms in total. The molecule has 0 bridgehead atoms. The summed E-state index contributed by atoms with van der Waals surface area (Å²) in [5, 5.41) is 11.6. The van der Waals surface area contributed by atoms with E-state index in [0.29, 0.717) is 5.56 Å². The average molecular weight is 354 g/mol. The first-order chi connectivity index (χ1) is 10.6. The predicted octanol–water partition coefficient (Wildman–Crippen LogP) is 0.437. The van der Waals surface area contributed by atoms with E-state index in [0.717, 1.165) is 4.90 Å². The molecule has 0 radical (unpaired) electrons. The molecule has 9 heteroatoms. The van der Waals surface area contributed by atoms with Crippen molar-refractivity contribution in [3.8, 4) is 0 Å². The van der Waals surface area contributed by atoms with Crippen LogP contribution in [0.25, 0.3) is 0 Å². The summed E-state index contributed by atoms with van der Waals surface area (Å²) in [4.78, 5) is 24.9. The number of amides is 1. The lowest BCUT2D eigenvalue weighted by Crippen LogP contribution is -2.66. The molecule has 0 aromatic heterocycles. The van der Waals surface area contributed by atoms with Gasteiger partial charge in [-0.05, 0) is 38.2 Å². The molecule has 1 aromatic carbocycles. The second-order valence-electron chi connectivity index (χ2n) is 5.21. The number of thiocarbonyl (C=S) groups is 2. The average Bonchev–Trinajstić information content (AvgIpc) is 2.46. The molecular weight excluding hydrogens is 336 g/mol. The zero-order chi connectivity index (χ0) is 17.8. The Morgan fingerprint density at radius 3 is 2.13 bits per heavy atom. The van der Waals surface area contributed by atoms with E-state index in [9.17, 15) is 14.7 Å². The van der Waals surface area contributed by atoms with Crippen LogP contribution in [-0.2, 0) is 4.79 Å². The van der Waals surface area contributed by atoms with Crippen molar-refractivity contribution in [2.45, 2.75) is 25.6 Å². The number of hydrogen-bond acceptors (Lipinski definition) is 4. The number of aliphatic carboxylic acids is 1. The van der Waals surface area contributed by atoms with Crippen LogP contribution in [0.4, 0.5) is 0 Å². The van der Waals surface area contributed by atoms with Gasteiger partial charge in [0.25, 0.3) is 5.91 Å². The number of nitrogens with zero attached hydrogens (tertiary/aromatic N) is 1. The largest absolute Gasteiger partial charge is 0.478 e. The number of carbonyl (C=O) groups excluding carboxylic acids is 1. The smallest absolute Gasteiger partial charge is 0.347 e. The maximum absolute atomic E-state index is 12.2. The lowest BCUT2D eigenvalue weighted by molar-refractivity contribution is -0.143. The third kappa shape index (κ3) is 4.36. The van der Waals surface area contributed by atoms with Crippen molar-refractivity contribution in [2.75, 3.05) is 0 Å². The molecular formula is C14H18N4O3S2. The Balaban J connectivity index is 3.18. The third-order valence-electron chi connectivity index (χ3n) is 3.24. The molecule has 0 aliphatic heterocycles. The molecule has 0 saturated carbocycles. The van der Waals surface area contributed by atoms with Gasteiger partial charge in [-0.2, -0.15) is 0 Å². The van der Waals surface area contributed by atoms with Crippen molar-refractivity contribution in [3.05, 3.63) is 35.9 Å². The molecule has 124 valence electrons. The van der Waals surface area contributed by atoms with E-state index >= 15 is 0 Å². The summed E-state index contributed by atoms with van der Waals surface area (Å²) in [5.41, 5.74) is 10.5. The minimum atomic E-state index is -1.52. The summed E-state index contributed by atoms with van der Waals surface area (Å²) in [6.45, 7) is 3.14. The van der Waals surface area contributed by atoms with Crippen LogP contribution in [0.15, 0.2) is 30.3 Å². The van der Waals surface area contributed by atoms with Gasteiger partial charge in [0.15, 0.2) is 5.11 Å². The van der Waals surface area contributed by atoms with Gasteiger partial charge in [-0.1, -0.05) is 30.4 Å². The lowest BCUT2D eigenvalue weighted by atomic mass is 10.0. The number of hydrogen-bond donors (Lipinski definition) is 4. The van der Waals surface area contributed by atoms with Crippen LogP contribution in [0.3, 0.4) is 0 Å². The van der Waals surface area contributed by atoms with Crippen LogP contribution in [-0.4, -0.2) is 43.7 Å². The number of nitrogens with one attached hydrogen (secondary N) is 1. The fourth-order valence-electron chi connectivity index (χ4n) is 1.88. The second-order valence-corrected chi connectivity index (χ2v) is 6.07. The van der Waals surface area contributed by atoms with Gasteiger partial charge in [0.2, 0.25) is 6.17 Å². The van der Waals surface area contributed by atoms with Crippen LogP contribution >= 0.6 is 24.4 Å². The van der Waals surface area contributed by atoms with Gasteiger partial charge in [-0.3, -0.25) is 4.79 Å². The molecule has 23 heavy (non-hydrogen) atoms. The maximum Gasteiger partial charge on any atom is 0.347 e. The summed E-state index contributed by atoms with van der Waals surface area (Å²) >= 11 is 9.88. The summed E-state index contributed by atoms with van der Waals surface area (Å²) in [6, 6.07) is 8.17. The fraction of sp³-hybridized carbons (Fsp3) is 0.286. The zero-order valence-electron chi connectivity index (χ0n) is 12.6. The Morgan fingerprint density at radius 2 is 1.74 bits per heavy atom. The van der Waals surface area contributed by atoms with E-state index in [1.165, 1.54) is 0 Å². The standard InChI is InChI=1S/C14H18N4O3S2/c1-14(2,12(15)22)18(13(16)23)9(11(20)21)17-10(19)8-6-4-3-5-7-8/h3-7,9H,1-2H3,(H2,15,22)(H2,16,23)(H,17,19)(H,20,21). The van der Waals surface area contributed by atoms with E-state index in [2.05, 4.69) is 5.32 Å². The van der Waals surface area contributed by atoms with E-state index in [-0.39, 0.29) is 10.1 Å². The first-order valence-electron chi connectivity index (χ1n) is 6.56. The number of nitrogens with two attached hydrogens (primary N) is 2. The predicted molar refractivity (Wildman–Crippen MR) is 94.8 cm³/mol. The summed E-state index contributed by atoms with van der Waals surface area (Å²) in [5.74, 6) is -1.93. The fourth-order valence-corrected chi connectivity index (χ4v) is 2.31. The SMILES string of the molecule is CC(C)(C(N)=S)N(C(N)=S)C(NC(=O)c1ccccc1)C(=O)O. The first-order valence-corrected chi connectivity index (χ1v) is 7.38. The van der Waals surface area contributed by atoms with Gasteiger partial charge in [-0.25, -0.2) is 4.79 Å². The van der Waals surface area contributed by atoms with Crippen molar-refractivity contribution in [2.24, 2.45) is 11.5 Å². The lowest BCUT2D eigenvalue weighted by Gasteiger charge is -2.41. The van der Waals surface area contributed by atoms with Crippen molar-refractivity contribution in [1.29, 1.82) is 0 Å². The minimum Gasteiger partial charge on any atom is -0.478 e.